The Morgan fingerprint density at radius 1 is 1.06 bits per heavy atom. The number of ether oxygens (including phenoxy) is 3. The number of hydrogen-bond acceptors (Lipinski definition) is 5. The fraction of sp³-hybridized carbons (Fsp3) is 0.417. The summed E-state index contributed by atoms with van der Waals surface area (Å²) in [5.41, 5.74) is 1.78. The van der Waals surface area contributed by atoms with Crippen molar-refractivity contribution in [2.45, 2.75) is 46.3 Å². The van der Waals surface area contributed by atoms with Crippen LogP contribution in [0.15, 0.2) is 42.5 Å². The molecule has 2 aromatic rings. The first-order valence-electron chi connectivity index (χ1n) is 10.5. The number of amides is 2. The van der Waals surface area contributed by atoms with Gasteiger partial charge in [-0.3, -0.25) is 4.79 Å². The molecule has 1 aliphatic rings. The molecule has 0 unspecified atom stereocenters. The number of rotatable bonds is 6. The molecule has 1 heterocycles. The normalized spacial score (nSPS) is 12.8. The first-order chi connectivity index (χ1) is 14.7. The molecule has 0 aromatic heterocycles. The molecule has 7 heteroatoms. The highest BCUT2D eigenvalue weighted by molar-refractivity contribution is 5.93. The molecule has 0 atom stereocenters. The lowest BCUT2D eigenvalue weighted by Crippen LogP contribution is -2.36. The topological polar surface area (TPSA) is 77.1 Å². The van der Waals surface area contributed by atoms with Gasteiger partial charge < -0.3 is 24.4 Å². The zero-order valence-corrected chi connectivity index (χ0v) is 18.6. The van der Waals surface area contributed by atoms with Gasteiger partial charge in [-0.05, 0) is 57.0 Å². The van der Waals surface area contributed by atoms with Crippen molar-refractivity contribution in [3.05, 3.63) is 53.6 Å². The predicted molar refractivity (Wildman–Crippen MR) is 119 cm³/mol. The van der Waals surface area contributed by atoms with Crippen molar-refractivity contribution in [3.63, 3.8) is 0 Å². The molecule has 0 aliphatic carbocycles. The summed E-state index contributed by atoms with van der Waals surface area (Å²) in [7, 11) is 0. The Bertz CT molecular complexity index is 936. The number of hydrogen-bond donors (Lipinski definition) is 1. The van der Waals surface area contributed by atoms with Gasteiger partial charge in [0.05, 0.1) is 13.0 Å². The lowest BCUT2D eigenvalue weighted by atomic mass is 10.1. The molecule has 2 aromatic carbocycles. The van der Waals surface area contributed by atoms with Gasteiger partial charge in [0.2, 0.25) is 5.91 Å². The van der Waals surface area contributed by atoms with Crippen LogP contribution >= 0.6 is 0 Å². The average molecular weight is 427 g/mol. The summed E-state index contributed by atoms with van der Waals surface area (Å²) in [5.74, 6) is 1.21. The van der Waals surface area contributed by atoms with Crippen LogP contribution in [0.25, 0.3) is 0 Å². The number of nitrogens with zero attached hydrogens (tertiary/aromatic N) is 1. The van der Waals surface area contributed by atoms with E-state index in [1.807, 2.05) is 70.2 Å². The lowest BCUT2D eigenvalue weighted by molar-refractivity contribution is -0.115. The number of carbonyl (C=O) groups is 2. The van der Waals surface area contributed by atoms with Crippen molar-refractivity contribution < 1.29 is 23.8 Å². The molecule has 0 radical (unpaired) electrons. The molecule has 0 spiro atoms. The highest BCUT2D eigenvalue weighted by atomic mass is 16.6. The third kappa shape index (κ3) is 6.38. The average Bonchev–Trinajstić information content (AvgIpc) is 2.71. The first-order valence-corrected chi connectivity index (χ1v) is 10.5. The molecule has 0 bridgehead atoms. The monoisotopic (exact) mass is 426 g/mol. The maximum Gasteiger partial charge on any atom is 0.410 e. The minimum Gasteiger partial charge on any atom is -0.486 e. The van der Waals surface area contributed by atoms with E-state index in [0.717, 1.165) is 11.1 Å². The van der Waals surface area contributed by atoms with Gasteiger partial charge in [0.25, 0.3) is 0 Å². The van der Waals surface area contributed by atoms with Crippen LogP contribution < -0.4 is 14.8 Å². The predicted octanol–water partition coefficient (Wildman–Crippen LogP) is 4.40. The van der Waals surface area contributed by atoms with Gasteiger partial charge in [0, 0.05) is 12.2 Å². The summed E-state index contributed by atoms with van der Waals surface area (Å²) in [4.78, 5) is 26.8. The summed E-state index contributed by atoms with van der Waals surface area (Å²) in [6, 6.07) is 13.0. The second-order valence-electron chi connectivity index (χ2n) is 8.35. The van der Waals surface area contributed by atoms with Gasteiger partial charge in [-0.15, -0.1) is 0 Å². The summed E-state index contributed by atoms with van der Waals surface area (Å²) in [6.07, 6.45) is -0.179. The maximum atomic E-state index is 12.7. The van der Waals surface area contributed by atoms with Crippen LogP contribution in [0.1, 0.15) is 38.8 Å². The highest BCUT2D eigenvalue weighted by Gasteiger charge is 2.22. The van der Waals surface area contributed by atoms with E-state index in [1.165, 1.54) is 0 Å². The molecule has 1 N–H and O–H groups in total. The number of nitrogens with one attached hydrogen (secondary N) is 1. The van der Waals surface area contributed by atoms with Crippen molar-refractivity contribution in [1.29, 1.82) is 0 Å². The quantitative estimate of drug-likeness (QED) is 0.741. The SMILES string of the molecule is CCN(Cc1ccccc1NC(=O)Cc1ccc2c(c1)OCCO2)C(=O)OC(C)(C)C. The summed E-state index contributed by atoms with van der Waals surface area (Å²) < 4.78 is 16.6. The molecule has 2 amide bonds. The van der Waals surface area contributed by atoms with Crippen LogP contribution in [-0.2, 0) is 22.5 Å². The van der Waals surface area contributed by atoms with Crippen molar-refractivity contribution >= 4 is 17.7 Å². The molecule has 0 saturated carbocycles. The standard InChI is InChI=1S/C24H30N2O5/c1-5-26(23(28)31-24(2,3)4)16-18-8-6-7-9-19(18)25-22(27)15-17-10-11-20-21(14-17)30-13-12-29-20/h6-11,14H,5,12-13,15-16H2,1-4H3,(H,25,27). The Balaban J connectivity index is 1.67. The van der Waals surface area contributed by atoms with Crippen molar-refractivity contribution in [2.24, 2.45) is 0 Å². The van der Waals surface area contributed by atoms with Gasteiger partial charge in [0.1, 0.15) is 18.8 Å². The first kappa shape index (κ1) is 22.5. The van der Waals surface area contributed by atoms with Crippen LogP contribution in [0.4, 0.5) is 10.5 Å². The van der Waals surface area contributed by atoms with E-state index in [2.05, 4.69) is 5.32 Å². The van der Waals surface area contributed by atoms with Crippen LogP contribution in [0, 0.1) is 0 Å². The molecular weight excluding hydrogens is 396 g/mol. The van der Waals surface area contributed by atoms with Crippen LogP contribution in [0.5, 0.6) is 11.5 Å². The van der Waals surface area contributed by atoms with Gasteiger partial charge in [-0.25, -0.2) is 4.79 Å². The van der Waals surface area contributed by atoms with Crippen LogP contribution in [0.2, 0.25) is 0 Å². The molecule has 7 nitrogen and oxygen atoms in total. The van der Waals surface area contributed by atoms with Gasteiger partial charge in [0.15, 0.2) is 11.5 Å². The largest absolute Gasteiger partial charge is 0.486 e. The van der Waals surface area contributed by atoms with E-state index < -0.39 is 5.60 Å². The summed E-state index contributed by atoms with van der Waals surface area (Å²) >= 11 is 0. The number of anilines is 1. The second-order valence-corrected chi connectivity index (χ2v) is 8.35. The van der Waals surface area contributed by atoms with E-state index in [4.69, 9.17) is 14.2 Å². The third-order valence-corrected chi connectivity index (χ3v) is 4.66. The van der Waals surface area contributed by atoms with E-state index in [-0.39, 0.29) is 18.4 Å². The zero-order chi connectivity index (χ0) is 22.4. The Hall–Kier alpha value is -3.22. The number of benzene rings is 2. The van der Waals surface area contributed by atoms with E-state index >= 15 is 0 Å². The molecule has 1 aliphatic heterocycles. The van der Waals surface area contributed by atoms with Gasteiger partial charge in [-0.2, -0.15) is 0 Å². The minimum absolute atomic E-state index is 0.149. The maximum absolute atomic E-state index is 12.7. The van der Waals surface area contributed by atoms with Crippen molar-refractivity contribution in [3.8, 4) is 11.5 Å². The van der Waals surface area contributed by atoms with Crippen molar-refractivity contribution in [1.82, 2.24) is 4.90 Å². The number of carbonyl (C=O) groups excluding carboxylic acids is 2. The van der Waals surface area contributed by atoms with Gasteiger partial charge in [-0.1, -0.05) is 24.3 Å². The van der Waals surface area contributed by atoms with E-state index in [0.29, 0.717) is 43.5 Å². The Morgan fingerprint density at radius 3 is 2.48 bits per heavy atom. The fourth-order valence-electron chi connectivity index (χ4n) is 3.20. The Labute approximate surface area is 183 Å². The summed E-state index contributed by atoms with van der Waals surface area (Å²) in [5, 5.41) is 2.97. The number of fused-ring (bicyclic) bond motifs is 1. The fourth-order valence-corrected chi connectivity index (χ4v) is 3.20. The van der Waals surface area contributed by atoms with E-state index in [9.17, 15) is 9.59 Å². The molecule has 31 heavy (non-hydrogen) atoms. The molecule has 166 valence electrons. The van der Waals surface area contributed by atoms with Crippen molar-refractivity contribution in [2.75, 3.05) is 25.1 Å². The summed E-state index contributed by atoms with van der Waals surface area (Å²) in [6.45, 7) is 9.27. The van der Waals surface area contributed by atoms with Crippen LogP contribution in [0.3, 0.4) is 0 Å². The smallest absolute Gasteiger partial charge is 0.410 e. The Morgan fingerprint density at radius 2 is 1.77 bits per heavy atom. The molecular formula is C24H30N2O5. The lowest BCUT2D eigenvalue weighted by Gasteiger charge is -2.27. The number of para-hydroxylation sites is 1. The third-order valence-electron chi connectivity index (χ3n) is 4.66. The second kappa shape index (κ2) is 9.73. The zero-order valence-electron chi connectivity index (χ0n) is 18.6. The Kier molecular flexibility index (Phi) is 7.05. The molecule has 0 saturated heterocycles. The minimum atomic E-state index is -0.568. The van der Waals surface area contributed by atoms with Crippen LogP contribution in [-0.4, -0.2) is 42.3 Å². The molecule has 0 fully saturated rings. The van der Waals surface area contributed by atoms with E-state index in [1.54, 1.807) is 4.90 Å². The van der Waals surface area contributed by atoms with Gasteiger partial charge >= 0.3 is 6.09 Å². The molecule has 3 rings (SSSR count). The highest BCUT2D eigenvalue weighted by Crippen LogP contribution is 2.31.